The highest BCUT2D eigenvalue weighted by Gasteiger charge is 2.28. The number of hydrogen-bond acceptors (Lipinski definition) is 5. The van der Waals surface area contributed by atoms with Crippen LogP contribution >= 0.6 is 11.6 Å². The van der Waals surface area contributed by atoms with Gasteiger partial charge in [-0.15, -0.1) is 0 Å². The van der Waals surface area contributed by atoms with Gasteiger partial charge in [-0.3, -0.25) is 4.98 Å². The van der Waals surface area contributed by atoms with Crippen LogP contribution in [0.4, 0.5) is 0 Å². The molecule has 6 nitrogen and oxygen atoms in total. The van der Waals surface area contributed by atoms with Crippen molar-refractivity contribution < 1.29 is 13.2 Å². The van der Waals surface area contributed by atoms with Gasteiger partial charge in [0.15, 0.2) is 0 Å². The predicted molar refractivity (Wildman–Crippen MR) is 138 cm³/mol. The van der Waals surface area contributed by atoms with Crippen molar-refractivity contribution in [1.29, 1.82) is 0 Å². The Balaban J connectivity index is 1.81. The molecule has 0 amide bonds. The minimum atomic E-state index is -3.92. The third-order valence-electron chi connectivity index (χ3n) is 5.57. The van der Waals surface area contributed by atoms with Gasteiger partial charge in [-0.05, 0) is 55.7 Å². The van der Waals surface area contributed by atoms with Gasteiger partial charge in [-0.25, -0.2) is 13.4 Å². The first-order valence-electron chi connectivity index (χ1n) is 11.0. The SMILES string of the molecule is Cc1cc(C)c(Oc2nc(-c3cncc(Cl)c3)ccc2S(=O)(=O)N(C)Cc2ccccc2)c(C)c1. The summed E-state index contributed by atoms with van der Waals surface area (Å²) in [4.78, 5) is 8.71. The van der Waals surface area contributed by atoms with E-state index in [0.29, 0.717) is 22.0 Å². The Morgan fingerprint density at radius 3 is 2.29 bits per heavy atom. The number of halogens is 1. The van der Waals surface area contributed by atoms with Crippen LogP contribution in [-0.4, -0.2) is 29.7 Å². The van der Waals surface area contributed by atoms with Crippen molar-refractivity contribution in [1.82, 2.24) is 14.3 Å². The molecule has 0 N–H and O–H groups in total. The summed E-state index contributed by atoms with van der Waals surface area (Å²) in [5, 5.41) is 0.455. The first-order valence-corrected chi connectivity index (χ1v) is 12.8. The molecule has 0 bridgehead atoms. The molecular weight excluding hydrogens is 482 g/mol. The summed E-state index contributed by atoms with van der Waals surface area (Å²) in [6, 6.07) is 18.3. The number of benzene rings is 2. The lowest BCUT2D eigenvalue weighted by Crippen LogP contribution is -2.27. The average Bonchev–Trinajstić information content (AvgIpc) is 2.82. The summed E-state index contributed by atoms with van der Waals surface area (Å²) in [5.74, 6) is 0.573. The number of ether oxygens (including phenoxy) is 1. The van der Waals surface area contributed by atoms with Crippen molar-refractivity contribution in [2.75, 3.05) is 7.05 Å². The van der Waals surface area contributed by atoms with E-state index in [1.807, 2.05) is 63.2 Å². The minimum absolute atomic E-state index is 0.00237. The van der Waals surface area contributed by atoms with E-state index in [-0.39, 0.29) is 17.3 Å². The fourth-order valence-electron chi connectivity index (χ4n) is 3.93. The molecule has 2 aromatic carbocycles. The van der Waals surface area contributed by atoms with Crippen LogP contribution in [0.3, 0.4) is 0 Å². The summed E-state index contributed by atoms with van der Waals surface area (Å²) < 4.78 is 34.8. The second-order valence-corrected chi connectivity index (χ2v) is 10.9. The summed E-state index contributed by atoms with van der Waals surface area (Å²) in [6.45, 7) is 6.07. The van der Waals surface area contributed by atoms with Gasteiger partial charge in [0.25, 0.3) is 0 Å². The molecule has 0 atom stereocenters. The minimum Gasteiger partial charge on any atom is -0.437 e. The second-order valence-electron chi connectivity index (χ2n) is 8.47. The molecule has 0 unspecified atom stereocenters. The third-order valence-corrected chi connectivity index (χ3v) is 7.59. The molecule has 180 valence electrons. The Kier molecular flexibility index (Phi) is 7.21. The first kappa shape index (κ1) is 24.9. The number of nitrogens with zero attached hydrogens (tertiary/aromatic N) is 3. The van der Waals surface area contributed by atoms with E-state index in [0.717, 1.165) is 22.3 Å². The van der Waals surface area contributed by atoms with E-state index in [2.05, 4.69) is 9.97 Å². The number of hydrogen-bond donors (Lipinski definition) is 0. The lowest BCUT2D eigenvalue weighted by molar-refractivity contribution is 0.429. The lowest BCUT2D eigenvalue weighted by Gasteiger charge is -2.20. The van der Waals surface area contributed by atoms with Gasteiger partial charge in [0.1, 0.15) is 10.6 Å². The van der Waals surface area contributed by atoms with Crippen LogP contribution in [-0.2, 0) is 16.6 Å². The van der Waals surface area contributed by atoms with Crippen LogP contribution in [0.15, 0.2) is 78.0 Å². The van der Waals surface area contributed by atoms with Crippen molar-refractivity contribution in [3.8, 4) is 22.9 Å². The maximum Gasteiger partial charge on any atom is 0.248 e. The Morgan fingerprint density at radius 2 is 1.63 bits per heavy atom. The van der Waals surface area contributed by atoms with E-state index >= 15 is 0 Å². The van der Waals surface area contributed by atoms with Gasteiger partial charge in [-0.1, -0.05) is 59.6 Å². The topological polar surface area (TPSA) is 72.4 Å². The number of aryl methyl sites for hydroxylation is 3. The molecule has 8 heteroatoms. The van der Waals surface area contributed by atoms with E-state index < -0.39 is 10.0 Å². The zero-order valence-corrected chi connectivity index (χ0v) is 21.6. The normalized spacial score (nSPS) is 11.6. The van der Waals surface area contributed by atoms with Crippen molar-refractivity contribution in [2.24, 2.45) is 0 Å². The van der Waals surface area contributed by atoms with Crippen molar-refractivity contribution >= 4 is 21.6 Å². The van der Waals surface area contributed by atoms with E-state index in [1.54, 1.807) is 25.4 Å². The fourth-order valence-corrected chi connectivity index (χ4v) is 5.30. The molecule has 0 aliphatic carbocycles. The Morgan fingerprint density at radius 1 is 0.943 bits per heavy atom. The quantitative estimate of drug-likeness (QED) is 0.292. The molecule has 0 radical (unpaired) electrons. The van der Waals surface area contributed by atoms with Crippen LogP contribution in [0.2, 0.25) is 5.02 Å². The molecule has 0 saturated carbocycles. The highest BCUT2D eigenvalue weighted by atomic mass is 35.5. The molecule has 4 aromatic rings. The molecule has 0 aliphatic heterocycles. The average molecular weight is 508 g/mol. The summed E-state index contributed by atoms with van der Waals surface area (Å²) >= 11 is 6.12. The monoisotopic (exact) mass is 507 g/mol. The van der Waals surface area contributed by atoms with Gasteiger partial charge in [-0.2, -0.15) is 4.31 Å². The third kappa shape index (κ3) is 5.53. The van der Waals surface area contributed by atoms with Crippen LogP contribution in [0.25, 0.3) is 11.3 Å². The molecule has 0 fully saturated rings. The molecule has 0 aliphatic rings. The molecular formula is C27H26ClN3O3S. The highest BCUT2D eigenvalue weighted by Crippen LogP contribution is 2.35. The second kappa shape index (κ2) is 10.2. The van der Waals surface area contributed by atoms with E-state index in [9.17, 15) is 8.42 Å². The van der Waals surface area contributed by atoms with Gasteiger partial charge < -0.3 is 4.74 Å². The first-order chi connectivity index (χ1) is 16.6. The van der Waals surface area contributed by atoms with Crippen LogP contribution in [0, 0.1) is 20.8 Å². The van der Waals surface area contributed by atoms with Gasteiger partial charge >= 0.3 is 0 Å². The number of sulfonamides is 1. The standard InChI is InChI=1S/C27H26ClN3O3S/c1-18-12-19(2)26(20(3)13-18)34-27-25(11-10-24(30-27)22-14-23(28)16-29-15-22)35(32,33)31(4)17-21-8-6-5-7-9-21/h5-16H,17H2,1-4H3. The van der Waals surface area contributed by atoms with Crippen LogP contribution < -0.4 is 4.74 Å². The summed E-state index contributed by atoms with van der Waals surface area (Å²) in [5.41, 5.74) is 4.90. The lowest BCUT2D eigenvalue weighted by atomic mass is 10.1. The fraction of sp³-hybridized carbons (Fsp3) is 0.185. The molecule has 4 rings (SSSR count). The van der Waals surface area contributed by atoms with E-state index in [1.165, 1.54) is 16.6 Å². The van der Waals surface area contributed by atoms with Crippen LogP contribution in [0.5, 0.6) is 11.6 Å². The summed E-state index contributed by atoms with van der Waals surface area (Å²) in [6.07, 6.45) is 3.15. The maximum absolute atomic E-state index is 13.6. The Hall–Kier alpha value is -3.26. The molecule has 0 saturated heterocycles. The molecule has 2 heterocycles. The zero-order chi connectivity index (χ0) is 25.2. The molecule has 0 spiro atoms. The van der Waals surface area contributed by atoms with Gasteiger partial charge in [0, 0.05) is 31.5 Å². The number of pyridine rings is 2. The molecule has 2 aromatic heterocycles. The molecule has 35 heavy (non-hydrogen) atoms. The summed E-state index contributed by atoms with van der Waals surface area (Å²) in [7, 11) is -2.38. The van der Waals surface area contributed by atoms with Gasteiger partial charge in [0.05, 0.1) is 10.7 Å². The van der Waals surface area contributed by atoms with Crippen molar-refractivity contribution in [2.45, 2.75) is 32.2 Å². The maximum atomic E-state index is 13.6. The largest absolute Gasteiger partial charge is 0.437 e. The van der Waals surface area contributed by atoms with E-state index in [4.69, 9.17) is 16.3 Å². The Labute approximate surface area is 211 Å². The smallest absolute Gasteiger partial charge is 0.248 e. The van der Waals surface area contributed by atoms with Crippen molar-refractivity contribution in [3.63, 3.8) is 0 Å². The predicted octanol–water partition coefficient (Wildman–Crippen LogP) is 6.34. The Bertz CT molecular complexity index is 1450. The highest BCUT2D eigenvalue weighted by molar-refractivity contribution is 7.89. The van der Waals surface area contributed by atoms with Crippen LogP contribution in [0.1, 0.15) is 22.3 Å². The van der Waals surface area contributed by atoms with Crippen molar-refractivity contribution in [3.05, 3.63) is 100 Å². The zero-order valence-electron chi connectivity index (χ0n) is 20.0. The van der Waals surface area contributed by atoms with Gasteiger partial charge in [0.2, 0.25) is 15.9 Å². The number of rotatable bonds is 7. The number of aromatic nitrogens is 2.